The van der Waals surface area contributed by atoms with Gasteiger partial charge in [-0.2, -0.15) is 13.2 Å². The van der Waals surface area contributed by atoms with Crippen molar-refractivity contribution in [3.05, 3.63) is 70.8 Å². The minimum atomic E-state index is -4.46. The zero-order chi connectivity index (χ0) is 20.5. The van der Waals surface area contributed by atoms with Gasteiger partial charge in [0.15, 0.2) is 0 Å². The Morgan fingerprint density at radius 1 is 1.07 bits per heavy atom. The number of amides is 2. The molecule has 4 nitrogen and oxygen atoms in total. The van der Waals surface area contributed by atoms with E-state index in [1.54, 1.807) is 0 Å². The Bertz CT molecular complexity index is 859. The summed E-state index contributed by atoms with van der Waals surface area (Å²) in [6.45, 7) is 4.69. The number of carbonyl (C=O) groups is 2. The van der Waals surface area contributed by atoms with E-state index in [0.29, 0.717) is 18.0 Å². The fraction of sp³-hybridized carbons (Fsp3) is 0.333. The standard InChI is InChI=1S/C21H21F3N2O2/c1-13(2)14-3-5-15(6-4-14)18-19(27)25-11-12-26(18)20(28)16-7-9-17(10-8-16)21(22,23)24/h3-10,13,18H,11-12H2,1-2H3,(H,25,27). The van der Waals surface area contributed by atoms with Crippen molar-refractivity contribution in [2.24, 2.45) is 0 Å². The van der Waals surface area contributed by atoms with Crippen LogP contribution in [0.15, 0.2) is 48.5 Å². The Morgan fingerprint density at radius 3 is 2.21 bits per heavy atom. The zero-order valence-corrected chi connectivity index (χ0v) is 15.6. The number of nitrogens with one attached hydrogen (secondary N) is 1. The summed E-state index contributed by atoms with van der Waals surface area (Å²) in [7, 11) is 0. The van der Waals surface area contributed by atoms with Crippen LogP contribution in [-0.2, 0) is 11.0 Å². The highest BCUT2D eigenvalue weighted by molar-refractivity contribution is 5.98. The summed E-state index contributed by atoms with van der Waals surface area (Å²) >= 11 is 0. The van der Waals surface area contributed by atoms with Gasteiger partial charge in [-0.1, -0.05) is 38.1 Å². The molecule has 1 N–H and O–H groups in total. The molecule has 1 aliphatic rings. The molecule has 3 rings (SSSR count). The lowest BCUT2D eigenvalue weighted by Crippen LogP contribution is -2.52. The second-order valence-corrected chi connectivity index (χ2v) is 7.09. The van der Waals surface area contributed by atoms with Gasteiger partial charge in [0.05, 0.1) is 5.56 Å². The number of nitrogens with zero attached hydrogens (tertiary/aromatic N) is 1. The summed E-state index contributed by atoms with van der Waals surface area (Å²) in [5.41, 5.74) is 1.08. The average molecular weight is 390 g/mol. The Balaban J connectivity index is 1.89. The predicted octanol–water partition coefficient (Wildman–Crippen LogP) is 4.14. The number of hydrogen-bond donors (Lipinski definition) is 1. The van der Waals surface area contributed by atoms with E-state index >= 15 is 0 Å². The molecule has 1 heterocycles. The summed E-state index contributed by atoms with van der Waals surface area (Å²) in [5, 5.41) is 2.75. The van der Waals surface area contributed by atoms with Crippen LogP contribution in [-0.4, -0.2) is 29.8 Å². The van der Waals surface area contributed by atoms with E-state index in [-0.39, 0.29) is 18.0 Å². The lowest BCUT2D eigenvalue weighted by atomic mass is 9.96. The number of alkyl halides is 3. The molecular formula is C21H21F3N2O2. The maximum Gasteiger partial charge on any atom is 0.416 e. The fourth-order valence-electron chi connectivity index (χ4n) is 3.25. The lowest BCUT2D eigenvalue weighted by Gasteiger charge is -2.35. The summed E-state index contributed by atoms with van der Waals surface area (Å²) in [6, 6.07) is 10.7. The van der Waals surface area contributed by atoms with E-state index in [4.69, 9.17) is 0 Å². The van der Waals surface area contributed by atoms with Crippen molar-refractivity contribution in [1.29, 1.82) is 0 Å². The molecule has 2 aromatic rings. The van der Waals surface area contributed by atoms with Crippen LogP contribution in [0, 0.1) is 0 Å². The number of hydrogen-bond acceptors (Lipinski definition) is 2. The molecule has 0 aromatic heterocycles. The summed E-state index contributed by atoms with van der Waals surface area (Å²) in [4.78, 5) is 26.8. The van der Waals surface area contributed by atoms with Gasteiger partial charge >= 0.3 is 6.18 Å². The van der Waals surface area contributed by atoms with Gasteiger partial charge in [0.2, 0.25) is 5.91 Å². The van der Waals surface area contributed by atoms with Crippen LogP contribution < -0.4 is 5.32 Å². The monoisotopic (exact) mass is 390 g/mol. The summed E-state index contributed by atoms with van der Waals surface area (Å²) in [5.74, 6) is -0.440. The smallest absolute Gasteiger partial charge is 0.352 e. The quantitative estimate of drug-likeness (QED) is 0.856. The highest BCUT2D eigenvalue weighted by Gasteiger charge is 2.35. The number of halogens is 3. The molecule has 0 radical (unpaired) electrons. The van der Waals surface area contributed by atoms with Crippen molar-refractivity contribution in [1.82, 2.24) is 10.2 Å². The molecule has 0 bridgehead atoms. The molecule has 148 valence electrons. The van der Waals surface area contributed by atoms with Gasteiger partial charge in [-0.3, -0.25) is 9.59 Å². The molecule has 1 aliphatic heterocycles. The van der Waals surface area contributed by atoms with Gasteiger partial charge < -0.3 is 10.2 Å². The minimum absolute atomic E-state index is 0.117. The summed E-state index contributed by atoms with van der Waals surface area (Å²) in [6.07, 6.45) is -4.46. The molecule has 1 saturated heterocycles. The Morgan fingerprint density at radius 2 is 1.68 bits per heavy atom. The van der Waals surface area contributed by atoms with Gasteiger partial charge in [-0.25, -0.2) is 0 Å². The molecule has 1 fully saturated rings. The second kappa shape index (κ2) is 7.66. The fourth-order valence-corrected chi connectivity index (χ4v) is 3.25. The van der Waals surface area contributed by atoms with E-state index in [9.17, 15) is 22.8 Å². The largest absolute Gasteiger partial charge is 0.416 e. The lowest BCUT2D eigenvalue weighted by molar-refractivity contribution is -0.137. The van der Waals surface area contributed by atoms with Crippen molar-refractivity contribution in [2.75, 3.05) is 13.1 Å². The van der Waals surface area contributed by atoms with Gasteiger partial charge in [0.1, 0.15) is 6.04 Å². The first-order valence-corrected chi connectivity index (χ1v) is 9.04. The Labute approximate surface area is 161 Å². The van der Waals surface area contributed by atoms with E-state index in [0.717, 1.165) is 29.8 Å². The van der Waals surface area contributed by atoms with E-state index < -0.39 is 23.7 Å². The van der Waals surface area contributed by atoms with Gasteiger partial charge in [0.25, 0.3) is 5.91 Å². The predicted molar refractivity (Wildman–Crippen MR) is 98.8 cm³/mol. The van der Waals surface area contributed by atoms with Crippen molar-refractivity contribution < 1.29 is 22.8 Å². The average Bonchev–Trinajstić information content (AvgIpc) is 2.67. The zero-order valence-electron chi connectivity index (χ0n) is 15.6. The SMILES string of the molecule is CC(C)c1ccc(C2C(=O)NCCN2C(=O)c2ccc(C(F)(F)F)cc2)cc1. The van der Waals surface area contributed by atoms with Crippen LogP contribution in [0.3, 0.4) is 0 Å². The van der Waals surface area contributed by atoms with E-state index in [2.05, 4.69) is 19.2 Å². The normalized spacial score (nSPS) is 17.6. The van der Waals surface area contributed by atoms with Crippen LogP contribution in [0.1, 0.15) is 52.9 Å². The van der Waals surface area contributed by atoms with Crippen LogP contribution in [0.25, 0.3) is 0 Å². The molecule has 0 saturated carbocycles. The van der Waals surface area contributed by atoms with Gasteiger partial charge in [-0.05, 0) is 41.3 Å². The van der Waals surface area contributed by atoms with Crippen LogP contribution in [0.2, 0.25) is 0 Å². The van der Waals surface area contributed by atoms with Gasteiger partial charge in [-0.15, -0.1) is 0 Å². The first-order valence-electron chi connectivity index (χ1n) is 9.04. The third-order valence-corrected chi connectivity index (χ3v) is 4.85. The Kier molecular flexibility index (Phi) is 5.45. The third-order valence-electron chi connectivity index (χ3n) is 4.85. The number of rotatable bonds is 3. The maximum absolute atomic E-state index is 12.9. The second-order valence-electron chi connectivity index (χ2n) is 7.09. The first kappa shape index (κ1) is 19.9. The number of piperazine rings is 1. The number of benzene rings is 2. The molecule has 2 aromatic carbocycles. The van der Waals surface area contributed by atoms with Crippen molar-refractivity contribution >= 4 is 11.8 Å². The minimum Gasteiger partial charge on any atom is -0.352 e. The maximum atomic E-state index is 12.9. The third kappa shape index (κ3) is 4.03. The molecule has 7 heteroatoms. The molecule has 28 heavy (non-hydrogen) atoms. The van der Waals surface area contributed by atoms with Crippen molar-refractivity contribution in [3.63, 3.8) is 0 Å². The van der Waals surface area contributed by atoms with Gasteiger partial charge in [0, 0.05) is 18.7 Å². The molecule has 1 atom stereocenters. The molecular weight excluding hydrogens is 369 g/mol. The number of carbonyl (C=O) groups excluding carboxylic acids is 2. The van der Waals surface area contributed by atoms with Crippen molar-refractivity contribution in [3.8, 4) is 0 Å². The molecule has 0 aliphatic carbocycles. The Hall–Kier alpha value is -2.83. The summed E-state index contributed by atoms with van der Waals surface area (Å²) < 4.78 is 38.3. The molecule has 0 spiro atoms. The first-order chi connectivity index (χ1) is 13.2. The van der Waals surface area contributed by atoms with E-state index in [1.807, 2.05) is 24.3 Å². The van der Waals surface area contributed by atoms with E-state index in [1.165, 1.54) is 4.90 Å². The highest BCUT2D eigenvalue weighted by atomic mass is 19.4. The van der Waals surface area contributed by atoms with Crippen LogP contribution >= 0.6 is 0 Å². The molecule has 1 unspecified atom stereocenters. The van der Waals surface area contributed by atoms with Crippen LogP contribution in [0.5, 0.6) is 0 Å². The topological polar surface area (TPSA) is 49.4 Å². The van der Waals surface area contributed by atoms with Crippen molar-refractivity contribution in [2.45, 2.75) is 32.0 Å². The highest BCUT2D eigenvalue weighted by Crippen LogP contribution is 2.30. The van der Waals surface area contributed by atoms with Crippen LogP contribution in [0.4, 0.5) is 13.2 Å². The molecule has 2 amide bonds.